The fourth-order valence-corrected chi connectivity index (χ4v) is 4.06. The summed E-state index contributed by atoms with van der Waals surface area (Å²) >= 11 is 0. The number of anilines is 2. The number of rotatable bonds is 6. The lowest BCUT2D eigenvalue weighted by atomic mass is 10.1. The number of aliphatic imine (C=N–C) groups is 2. The smallest absolute Gasteiger partial charge is 0.255 e. The summed E-state index contributed by atoms with van der Waals surface area (Å²) in [5, 5.41) is 12.4. The number of nitrogens with zero attached hydrogens (tertiary/aromatic N) is 2. The van der Waals surface area contributed by atoms with E-state index in [2.05, 4.69) is 45.1 Å². The highest BCUT2D eigenvalue weighted by atomic mass is 35.5. The standard InChI is InChI=1S/C28H28N6O2.ClH/c1-17-15-29-25(31-17)19-3-5-21(6-4-19)27(35)34-24-13-9-22(10-14-24)28(36)33-23-11-7-20(8-12-23)26-30-16-18(2)32-26;/h3-14,17-18H,15-16H2,1-2H3,(H,29,31)(H,30,32)(H,33,36)(H,34,35);1H. The van der Waals surface area contributed by atoms with Crippen molar-refractivity contribution < 1.29 is 9.59 Å². The molecule has 2 atom stereocenters. The number of hydrogen-bond donors (Lipinski definition) is 4. The average Bonchev–Trinajstić information content (AvgIpc) is 3.53. The Morgan fingerprint density at radius 1 is 0.649 bits per heavy atom. The minimum Gasteiger partial charge on any atom is -0.366 e. The van der Waals surface area contributed by atoms with Crippen LogP contribution in [-0.4, -0.2) is 48.7 Å². The normalized spacial score (nSPS) is 18.0. The van der Waals surface area contributed by atoms with Gasteiger partial charge in [0.2, 0.25) is 0 Å². The molecule has 2 unspecified atom stereocenters. The van der Waals surface area contributed by atoms with Gasteiger partial charge in [-0.25, -0.2) is 0 Å². The van der Waals surface area contributed by atoms with Crippen molar-refractivity contribution in [3.05, 3.63) is 95.1 Å². The first-order valence-corrected chi connectivity index (χ1v) is 12.0. The van der Waals surface area contributed by atoms with Gasteiger partial charge in [-0.05, 0) is 74.5 Å². The maximum Gasteiger partial charge on any atom is 0.255 e. The van der Waals surface area contributed by atoms with E-state index in [1.165, 1.54) is 0 Å². The molecular formula is C28H29ClN6O2. The third kappa shape index (κ3) is 6.16. The van der Waals surface area contributed by atoms with Crippen molar-refractivity contribution in [1.29, 1.82) is 0 Å². The molecule has 37 heavy (non-hydrogen) atoms. The minimum absolute atomic E-state index is 0. The second kappa shape index (κ2) is 11.3. The maximum atomic E-state index is 12.7. The minimum atomic E-state index is -0.223. The van der Waals surface area contributed by atoms with Gasteiger partial charge in [0.25, 0.3) is 11.8 Å². The van der Waals surface area contributed by atoms with Gasteiger partial charge in [-0.2, -0.15) is 0 Å². The van der Waals surface area contributed by atoms with E-state index in [0.717, 1.165) is 35.9 Å². The van der Waals surface area contributed by atoms with Crippen LogP contribution in [0.4, 0.5) is 11.4 Å². The van der Waals surface area contributed by atoms with E-state index in [9.17, 15) is 9.59 Å². The monoisotopic (exact) mass is 516 g/mol. The molecule has 2 heterocycles. The molecule has 8 nitrogen and oxygen atoms in total. The number of hydrogen-bond acceptors (Lipinski definition) is 6. The molecule has 3 aromatic rings. The Morgan fingerprint density at radius 3 is 1.38 bits per heavy atom. The molecule has 2 aliphatic rings. The van der Waals surface area contributed by atoms with Crippen molar-refractivity contribution >= 4 is 47.3 Å². The second-order valence-electron chi connectivity index (χ2n) is 9.11. The van der Waals surface area contributed by atoms with Gasteiger partial charge in [0.05, 0.1) is 13.1 Å². The van der Waals surface area contributed by atoms with Crippen molar-refractivity contribution in [1.82, 2.24) is 10.6 Å². The van der Waals surface area contributed by atoms with Crippen LogP contribution in [0.5, 0.6) is 0 Å². The Labute approximate surface area is 222 Å². The molecule has 2 amide bonds. The number of halogens is 1. The number of nitrogens with one attached hydrogen (secondary N) is 4. The molecule has 0 aliphatic carbocycles. The molecule has 0 fully saturated rings. The predicted octanol–water partition coefficient (Wildman–Crippen LogP) is 4.09. The summed E-state index contributed by atoms with van der Waals surface area (Å²) in [7, 11) is 0. The molecule has 2 aliphatic heterocycles. The Hall–Kier alpha value is -4.17. The molecule has 0 radical (unpaired) electrons. The molecule has 5 rings (SSSR count). The van der Waals surface area contributed by atoms with Crippen LogP contribution in [0.15, 0.2) is 82.8 Å². The number of carbonyl (C=O) groups excluding carboxylic acids is 2. The van der Waals surface area contributed by atoms with E-state index < -0.39 is 0 Å². The first-order valence-electron chi connectivity index (χ1n) is 12.0. The van der Waals surface area contributed by atoms with E-state index >= 15 is 0 Å². The molecule has 0 bridgehead atoms. The summed E-state index contributed by atoms with van der Waals surface area (Å²) in [6.45, 7) is 5.69. The van der Waals surface area contributed by atoms with Crippen LogP contribution < -0.4 is 21.3 Å². The Morgan fingerprint density at radius 2 is 1.00 bits per heavy atom. The van der Waals surface area contributed by atoms with Crippen molar-refractivity contribution in [2.24, 2.45) is 9.98 Å². The molecule has 0 saturated heterocycles. The van der Waals surface area contributed by atoms with Gasteiger partial charge in [0, 0.05) is 45.7 Å². The molecule has 0 spiro atoms. The SMILES string of the molecule is CC1CN=C(c2ccc(NC(=O)c3ccc(NC(=O)c4ccc(C5=NCC(C)N5)cc4)cc3)cc2)N1.Cl. The second-order valence-corrected chi connectivity index (χ2v) is 9.11. The van der Waals surface area contributed by atoms with Crippen LogP contribution in [0.1, 0.15) is 45.7 Å². The maximum absolute atomic E-state index is 12.7. The molecule has 4 N–H and O–H groups in total. The Balaban J connectivity index is 0.00000320. The zero-order chi connectivity index (χ0) is 25.1. The summed E-state index contributed by atoms with van der Waals surface area (Å²) in [6.07, 6.45) is 0. The number of amides is 2. The highest BCUT2D eigenvalue weighted by molar-refractivity contribution is 6.07. The molecular weight excluding hydrogens is 488 g/mol. The first kappa shape index (κ1) is 25.9. The van der Waals surface area contributed by atoms with Crippen molar-refractivity contribution in [3.8, 4) is 0 Å². The fraction of sp³-hybridized carbons (Fsp3) is 0.214. The van der Waals surface area contributed by atoms with Gasteiger partial charge >= 0.3 is 0 Å². The summed E-state index contributed by atoms with van der Waals surface area (Å²) in [4.78, 5) is 34.3. The number of amidine groups is 2. The summed E-state index contributed by atoms with van der Waals surface area (Å²) in [5.74, 6) is 1.29. The van der Waals surface area contributed by atoms with Gasteiger partial charge in [-0.1, -0.05) is 12.1 Å². The van der Waals surface area contributed by atoms with E-state index in [4.69, 9.17) is 0 Å². The van der Waals surface area contributed by atoms with Crippen LogP contribution in [0.2, 0.25) is 0 Å². The predicted molar refractivity (Wildman–Crippen MR) is 150 cm³/mol. The molecule has 9 heteroatoms. The van der Waals surface area contributed by atoms with Crippen molar-refractivity contribution in [3.63, 3.8) is 0 Å². The largest absolute Gasteiger partial charge is 0.366 e. The number of benzene rings is 3. The average molecular weight is 517 g/mol. The molecule has 0 aromatic heterocycles. The summed E-state index contributed by atoms with van der Waals surface area (Å²) in [6, 6.07) is 22.4. The Kier molecular flexibility index (Phi) is 7.89. The molecule has 3 aromatic carbocycles. The van der Waals surface area contributed by atoms with Gasteiger partial charge < -0.3 is 21.3 Å². The fourth-order valence-electron chi connectivity index (χ4n) is 4.06. The highest BCUT2D eigenvalue weighted by Crippen LogP contribution is 2.16. The summed E-state index contributed by atoms with van der Waals surface area (Å²) in [5.41, 5.74) is 4.30. The van der Waals surface area contributed by atoms with Gasteiger partial charge in [-0.3, -0.25) is 19.6 Å². The van der Waals surface area contributed by atoms with Gasteiger partial charge in [0.15, 0.2) is 0 Å². The van der Waals surface area contributed by atoms with E-state index in [1.807, 2.05) is 36.4 Å². The quantitative estimate of drug-likeness (QED) is 0.396. The van der Waals surface area contributed by atoms with E-state index in [1.54, 1.807) is 36.4 Å². The summed E-state index contributed by atoms with van der Waals surface area (Å²) < 4.78 is 0. The first-order chi connectivity index (χ1) is 17.4. The zero-order valence-corrected chi connectivity index (χ0v) is 21.4. The van der Waals surface area contributed by atoms with E-state index in [-0.39, 0.29) is 24.2 Å². The van der Waals surface area contributed by atoms with Crippen LogP contribution in [-0.2, 0) is 0 Å². The highest BCUT2D eigenvalue weighted by Gasteiger charge is 2.16. The molecule has 0 saturated carbocycles. The lowest BCUT2D eigenvalue weighted by molar-refractivity contribution is 0.102. The third-order valence-electron chi connectivity index (χ3n) is 6.05. The Bertz CT molecular complexity index is 1330. The topological polar surface area (TPSA) is 107 Å². The molecule has 190 valence electrons. The van der Waals surface area contributed by atoms with Gasteiger partial charge in [0.1, 0.15) is 11.7 Å². The lowest BCUT2D eigenvalue weighted by Crippen LogP contribution is -2.27. The van der Waals surface area contributed by atoms with Crippen LogP contribution in [0, 0.1) is 0 Å². The van der Waals surface area contributed by atoms with Gasteiger partial charge in [-0.15, -0.1) is 12.4 Å². The van der Waals surface area contributed by atoms with E-state index in [0.29, 0.717) is 34.6 Å². The zero-order valence-electron chi connectivity index (χ0n) is 20.6. The van der Waals surface area contributed by atoms with Crippen LogP contribution in [0.25, 0.3) is 0 Å². The van der Waals surface area contributed by atoms with Crippen LogP contribution >= 0.6 is 12.4 Å². The third-order valence-corrected chi connectivity index (χ3v) is 6.05. The number of carbonyl (C=O) groups is 2. The van der Waals surface area contributed by atoms with Crippen molar-refractivity contribution in [2.75, 3.05) is 23.7 Å². The van der Waals surface area contributed by atoms with Crippen LogP contribution in [0.3, 0.4) is 0 Å². The lowest BCUT2D eigenvalue weighted by Gasteiger charge is -2.10. The van der Waals surface area contributed by atoms with Crippen molar-refractivity contribution in [2.45, 2.75) is 25.9 Å².